The quantitative estimate of drug-likeness (QED) is 0.383. The van der Waals surface area contributed by atoms with Crippen LogP contribution in [-0.4, -0.2) is 14.2 Å². The highest BCUT2D eigenvalue weighted by atomic mass is 35.5. The smallest absolute Gasteiger partial charge is 0.190 e. The monoisotopic (exact) mass is 386 g/mol. The van der Waals surface area contributed by atoms with Gasteiger partial charge in [0.2, 0.25) is 0 Å². The van der Waals surface area contributed by atoms with Gasteiger partial charge in [-0.05, 0) is 6.42 Å². The van der Waals surface area contributed by atoms with Gasteiger partial charge in [-0.3, -0.25) is 0 Å². The zero-order valence-electron chi connectivity index (χ0n) is 10.4. The van der Waals surface area contributed by atoms with Crippen LogP contribution < -0.4 is 0 Å². The molecule has 0 rings (SSSR count). The molecule has 2 nitrogen and oxygen atoms in total. The highest BCUT2D eigenvalue weighted by molar-refractivity contribution is 7.96. The second-order valence-electron chi connectivity index (χ2n) is 3.90. The van der Waals surface area contributed by atoms with Crippen molar-refractivity contribution in [2.45, 2.75) is 39.0 Å². The molecule has 19 heavy (non-hydrogen) atoms. The Hall–Kier alpha value is 0.880. The van der Waals surface area contributed by atoms with Crippen LogP contribution in [0.1, 0.15) is 39.0 Å². The third-order valence-electron chi connectivity index (χ3n) is 2.32. The number of halogens is 5. The maximum absolute atomic E-state index is 11.9. The van der Waals surface area contributed by atoms with Crippen LogP contribution in [0.3, 0.4) is 0 Å². The SMILES string of the molecule is CCCCCCCS(=O)(=O)C(Cl)=C(Cl)C(Cl)=C(Cl)Cl. The summed E-state index contributed by atoms with van der Waals surface area (Å²) in [6.45, 7) is 2.08. The number of unbranched alkanes of at least 4 members (excludes halogenated alkanes) is 4. The number of sulfone groups is 1. The molecule has 0 unspecified atom stereocenters. The number of allylic oxidation sites excluding steroid dienone is 2. The first kappa shape index (κ1) is 19.9. The van der Waals surface area contributed by atoms with Crippen molar-refractivity contribution in [3.63, 3.8) is 0 Å². The van der Waals surface area contributed by atoms with Crippen LogP contribution in [0.25, 0.3) is 0 Å². The minimum absolute atomic E-state index is 0.0736. The Morgan fingerprint density at radius 1 is 0.842 bits per heavy atom. The van der Waals surface area contributed by atoms with E-state index in [-0.39, 0.29) is 20.3 Å². The van der Waals surface area contributed by atoms with Crippen LogP contribution in [0.2, 0.25) is 0 Å². The summed E-state index contributed by atoms with van der Waals surface area (Å²) in [6.07, 6.45) is 4.53. The van der Waals surface area contributed by atoms with Crippen molar-refractivity contribution in [3.8, 4) is 0 Å². The zero-order valence-corrected chi connectivity index (χ0v) is 15.0. The molecule has 0 spiro atoms. The van der Waals surface area contributed by atoms with Crippen molar-refractivity contribution in [1.29, 1.82) is 0 Å². The van der Waals surface area contributed by atoms with Crippen LogP contribution in [0.5, 0.6) is 0 Å². The highest BCUT2D eigenvalue weighted by Crippen LogP contribution is 2.33. The molecule has 0 aliphatic heterocycles. The van der Waals surface area contributed by atoms with Crippen molar-refractivity contribution >= 4 is 67.8 Å². The largest absolute Gasteiger partial charge is 0.223 e. The van der Waals surface area contributed by atoms with Gasteiger partial charge in [-0.25, -0.2) is 8.42 Å². The zero-order chi connectivity index (χ0) is 15.1. The predicted molar refractivity (Wildman–Crippen MR) is 85.9 cm³/mol. The lowest BCUT2D eigenvalue weighted by atomic mass is 10.2. The standard InChI is InChI=1S/C11H15Cl5O2S/c1-2-3-4-5-6-7-19(17,18)11(16)9(13)8(12)10(14)15/h2-7H2,1H3. The van der Waals surface area contributed by atoms with Gasteiger partial charge in [0.15, 0.2) is 14.2 Å². The molecule has 0 bridgehead atoms. The second kappa shape index (κ2) is 9.75. The normalized spacial score (nSPS) is 13.2. The molecule has 0 atom stereocenters. The molecular weight excluding hydrogens is 373 g/mol. The molecule has 0 saturated heterocycles. The van der Waals surface area contributed by atoms with E-state index in [1.165, 1.54) is 0 Å². The molecule has 0 aliphatic rings. The summed E-state index contributed by atoms with van der Waals surface area (Å²) in [5.41, 5.74) is 0. The Balaban J connectivity index is 4.74. The summed E-state index contributed by atoms with van der Waals surface area (Å²) < 4.78 is 22.9. The molecule has 0 radical (unpaired) electrons. The number of hydrogen-bond donors (Lipinski definition) is 0. The molecule has 0 N–H and O–H groups in total. The molecule has 0 aliphatic carbocycles. The van der Waals surface area contributed by atoms with Gasteiger partial charge in [0.25, 0.3) is 0 Å². The summed E-state index contributed by atoms with van der Waals surface area (Å²) >= 11 is 27.9. The molecule has 0 aromatic rings. The minimum atomic E-state index is -3.65. The second-order valence-corrected chi connectivity index (χ2v) is 8.25. The third kappa shape index (κ3) is 7.45. The van der Waals surface area contributed by atoms with Gasteiger partial charge in [-0.1, -0.05) is 90.6 Å². The first-order valence-electron chi connectivity index (χ1n) is 5.73. The van der Waals surface area contributed by atoms with Gasteiger partial charge >= 0.3 is 0 Å². The van der Waals surface area contributed by atoms with E-state index in [9.17, 15) is 8.42 Å². The summed E-state index contributed by atoms with van der Waals surface area (Å²) in [4.78, 5) is 0. The van der Waals surface area contributed by atoms with Gasteiger partial charge in [0, 0.05) is 0 Å². The lowest BCUT2D eigenvalue weighted by molar-refractivity contribution is 0.594. The molecule has 0 aromatic heterocycles. The van der Waals surface area contributed by atoms with E-state index in [1.807, 2.05) is 0 Å². The Morgan fingerprint density at radius 3 is 1.84 bits per heavy atom. The fraction of sp³-hybridized carbons (Fsp3) is 0.636. The predicted octanol–water partition coefficient (Wildman–Crippen LogP) is 5.90. The molecule has 112 valence electrons. The molecule has 0 heterocycles. The van der Waals surface area contributed by atoms with Crippen LogP contribution in [0, 0.1) is 0 Å². The van der Waals surface area contributed by atoms with Crippen molar-refractivity contribution in [1.82, 2.24) is 0 Å². The van der Waals surface area contributed by atoms with Crippen LogP contribution >= 0.6 is 58.0 Å². The molecule has 8 heteroatoms. The highest BCUT2D eigenvalue weighted by Gasteiger charge is 2.21. The average molecular weight is 389 g/mol. The summed E-state index contributed by atoms with van der Waals surface area (Å²) in [5.74, 6) is -0.0736. The maximum atomic E-state index is 11.9. The summed E-state index contributed by atoms with van der Waals surface area (Å²) in [6, 6.07) is 0. The van der Waals surface area contributed by atoms with E-state index in [0.29, 0.717) is 6.42 Å². The van der Waals surface area contributed by atoms with Gasteiger partial charge in [0.05, 0.1) is 15.8 Å². The Morgan fingerprint density at radius 2 is 1.37 bits per heavy atom. The lowest BCUT2D eigenvalue weighted by Gasteiger charge is -2.05. The van der Waals surface area contributed by atoms with E-state index in [4.69, 9.17) is 58.0 Å². The Bertz CT molecular complexity index is 450. The van der Waals surface area contributed by atoms with Crippen LogP contribution in [-0.2, 0) is 9.84 Å². The van der Waals surface area contributed by atoms with Crippen LogP contribution in [0.15, 0.2) is 18.9 Å². The first-order valence-corrected chi connectivity index (χ1v) is 9.27. The molecule has 0 saturated carbocycles. The third-order valence-corrected chi connectivity index (χ3v) is 6.42. The summed E-state index contributed by atoms with van der Waals surface area (Å²) in [7, 11) is -3.65. The van der Waals surface area contributed by atoms with Gasteiger partial charge < -0.3 is 0 Å². The van der Waals surface area contributed by atoms with Crippen LogP contribution in [0.4, 0.5) is 0 Å². The van der Waals surface area contributed by atoms with Crippen molar-refractivity contribution in [2.24, 2.45) is 0 Å². The Labute approximate surface area is 139 Å². The number of hydrogen-bond acceptors (Lipinski definition) is 2. The molecule has 0 aromatic carbocycles. The maximum Gasteiger partial charge on any atom is 0.190 e. The topological polar surface area (TPSA) is 34.1 Å². The Kier molecular flexibility index (Phi) is 10.2. The van der Waals surface area contributed by atoms with Crippen molar-refractivity contribution < 1.29 is 8.42 Å². The minimum Gasteiger partial charge on any atom is -0.223 e. The van der Waals surface area contributed by atoms with E-state index in [0.717, 1.165) is 25.7 Å². The van der Waals surface area contributed by atoms with Gasteiger partial charge in [-0.15, -0.1) is 0 Å². The van der Waals surface area contributed by atoms with E-state index in [2.05, 4.69) is 6.92 Å². The lowest BCUT2D eigenvalue weighted by Crippen LogP contribution is -2.07. The molecular formula is C11H15Cl5O2S. The average Bonchev–Trinajstić information content (AvgIpc) is 2.35. The molecule has 0 fully saturated rings. The van der Waals surface area contributed by atoms with E-state index in [1.54, 1.807) is 0 Å². The fourth-order valence-electron chi connectivity index (χ4n) is 1.29. The van der Waals surface area contributed by atoms with E-state index < -0.39 is 14.2 Å². The van der Waals surface area contributed by atoms with Crippen molar-refractivity contribution in [3.05, 3.63) is 18.9 Å². The van der Waals surface area contributed by atoms with E-state index >= 15 is 0 Å². The van der Waals surface area contributed by atoms with Gasteiger partial charge in [0.1, 0.15) is 4.49 Å². The molecule has 0 amide bonds. The van der Waals surface area contributed by atoms with Gasteiger partial charge in [-0.2, -0.15) is 0 Å². The van der Waals surface area contributed by atoms with Crippen molar-refractivity contribution in [2.75, 3.05) is 5.75 Å². The number of rotatable bonds is 8. The fourth-order valence-corrected chi connectivity index (χ4v) is 3.69. The first-order chi connectivity index (χ1) is 8.74. The summed E-state index contributed by atoms with van der Waals surface area (Å²) in [5, 5.41) is -0.624.